The van der Waals surface area contributed by atoms with Crippen LogP contribution in [0.15, 0.2) is 72.3 Å². The van der Waals surface area contributed by atoms with Crippen molar-refractivity contribution < 1.29 is 19.4 Å². The van der Waals surface area contributed by atoms with Crippen molar-refractivity contribution in [1.29, 1.82) is 0 Å². The quantitative estimate of drug-likeness (QED) is 0.273. The Balaban J connectivity index is 1.73. The number of rotatable bonds is 8. The third-order valence-electron chi connectivity index (χ3n) is 5.43. The number of carboxylic acid groups (broad SMARTS) is 1. The van der Waals surface area contributed by atoms with E-state index >= 15 is 0 Å². The summed E-state index contributed by atoms with van der Waals surface area (Å²) in [6.07, 6.45) is 2.19. The average Bonchev–Trinajstić information content (AvgIpc) is 3.20. The van der Waals surface area contributed by atoms with Gasteiger partial charge in [-0.25, -0.2) is 4.79 Å². The number of carbonyl (C=O) groups is 1. The lowest BCUT2D eigenvalue weighted by Gasteiger charge is -2.10. The maximum Gasteiger partial charge on any atom is 0.331 e. The second-order valence-corrected chi connectivity index (χ2v) is 8.52. The number of thiophene rings is 1. The van der Waals surface area contributed by atoms with Crippen LogP contribution in [0, 0.1) is 0 Å². The Kier molecular flexibility index (Phi) is 6.66. The number of hydrogen-bond donors (Lipinski definition) is 2. The summed E-state index contributed by atoms with van der Waals surface area (Å²) < 4.78 is 11.9. The molecule has 0 saturated carbocycles. The molecule has 0 atom stereocenters. The molecule has 0 amide bonds. The number of anilines is 2. The Morgan fingerprint density at radius 2 is 1.64 bits per heavy atom. The second kappa shape index (κ2) is 9.79. The predicted octanol–water partition coefficient (Wildman–Crippen LogP) is 7.21. The molecule has 0 aliphatic heterocycles. The van der Waals surface area contributed by atoms with E-state index in [1.807, 2.05) is 55.5 Å². The molecular weight excluding hydrogens is 434 g/mol. The Labute approximate surface area is 196 Å². The highest BCUT2D eigenvalue weighted by molar-refractivity contribution is 7.23. The average molecular weight is 460 g/mol. The summed E-state index contributed by atoms with van der Waals surface area (Å²) in [6.45, 7) is 1.84. The van der Waals surface area contributed by atoms with E-state index in [2.05, 4.69) is 23.5 Å². The smallest absolute Gasteiger partial charge is 0.331 e. The molecule has 168 valence electrons. The first-order valence-electron chi connectivity index (χ1n) is 10.6. The molecule has 6 heteroatoms. The third-order valence-corrected chi connectivity index (χ3v) is 6.63. The summed E-state index contributed by atoms with van der Waals surface area (Å²) in [5, 5.41) is 14.0. The van der Waals surface area contributed by atoms with Gasteiger partial charge in [0.2, 0.25) is 0 Å². The van der Waals surface area contributed by atoms with Gasteiger partial charge in [0.15, 0.2) is 0 Å². The van der Waals surface area contributed by atoms with Crippen LogP contribution in [0.25, 0.3) is 26.6 Å². The number of benzene rings is 3. The molecule has 0 radical (unpaired) electrons. The molecule has 3 aromatic carbocycles. The van der Waals surface area contributed by atoms with Gasteiger partial charge < -0.3 is 19.9 Å². The van der Waals surface area contributed by atoms with Gasteiger partial charge in [0.05, 0.1) is 24.8 Å². The molecule has 0 fully saturated rings. The van der Waals surface area contributed by atoms with Crippen molar-refractivity contribution in [2.45, 2.75) is 13.3 Å². The molecule has 2 N–H and O–H groups in total. The number of methoxy groups -OCH3 is 2. The van der Waals surface area contributed by atoms with E-state index in [1.165, 1.54) is 0 Å². The van der Waals surface area contributed by atoms with Crippen LogP contribution in [-0.4, -0.2) is 25.3 Å². The fourth-order valence-electron chi connectivity index (χ4n) is 3.60. The number of nitrogens with one attached hydrogen (secondary N) is 1. The fraction of sp³-hybridized carbons (Fsp3) is 0.148. The van der Waals surface area contributed by atoms with Crippen molar-refractivity contribution in [2.24, 2.45) is 0 Å². The van der Waals surface area contributed by atoms with Crippen molar-refractivity contribution in [3.63, 3.8) is 0 Å². The molecule has 0 aliphatic rings. The lowest BCUT2D eigenvalue weighted by atomic mass is 10.1. The molecule has 0 bridgehead atoms. The van der Waals surface area contributed by atoms with E-state index in [0.29, 0.717) is 12.0 Å². The minimum absolute atomic E-state index is 0.385. The highest BCUT2D eigenvalue weighted by atomic mass is 32.1. The van der Waals surface area contributed by atoms with Crippen LogP contribution in [0.4, 0.5) is 11.4 Å². The molecule has 1 aromatic heterocycles. The van der Waals surface area contributed by atoms with Gasteiger partial charge in [-0.3, -0.25) is 0 Å². The number of aliphatic carboxylic acids is 1. The van der Waals surface area contributed by atoms with Gasteiger partial charge in [0.25, 0.3) is 0 Å². The van der Waals surface area contributed by atoms with E-state index in [1.54, 1.807) is 31.6 Å². The first-order chi connectivity index (χ1) is 16.0. The number of carboxylic acids is 1. The number of fused-ring (bicyclic) bond motifs is 1. The second-order valence-electron chi connectivity index (χ2n) is 7.47. The van der Waals surface area contributed by atoms with Crippen LogP contribution in [-0.2, 0) is 4.79 Å². The standard InChI is InChI=1S/C27H25NO4S/c1-4-18(27(29)30)15-17-5-9-20(10-6-17)28-25-23-14-13-22(32-3)16-24(23)33-26(25)19-7-11-21(31-2)12-8-19/h5-16,28H,4H2,1-3H3,(H,29,30)/b18-15+. The van der Waals surface area contributed by atoms with Gasteiger partial charge in [-0.1, -0.05) is 19.1 Å². The lowest BCUT2D eigenvalue weighted by Crippen LogP contribution is -1.98. The van der Waals surface area contributed by atoms with Gasteiger partial charge >= 0.3 is 5.97 Å². The Hall–Kier alpha value is -3.77. The Bertz CT molecular complexity index is 1300. The molecule has 0 unspecified atom stereocenters. The van der Waals surface area contributed by atoms with E-state index in [-0.39, 0.29) is 0 Å². The van der Waals surface area contributed by atoms with Gasteiger partial charge in [0, 0.05) is 21.3 Å². The molecule has 1 heterocycles. The minimum Gasteiger partial charge on any atom is -0.497 e. The SMILES string of the molecule is CC/C(=C\c1ccc(Nc2c(-c3ccc(OC)cc3)sc3cc(OC)ccc23)cc1)C(=O)O. The van der Waals surface area contributed by atoms with Gasteiger partial charge in [-0.05, 0) is 78.2 Å². The zero-order valence-corrected chi connectivity index (χ0v) is 19.5. The summed E-state index contributed by atoms with van der Waals surface area (Å²) in [6, 6.07) is 21.9. The highest BCUT2D eigenvalue weighted by Gasteiger charge is 2.15. The molecule has 0 saturated heterocycles. The monoisotopic (exact) mass is 459 g/mol. The maximum absolute atomic E-state index is 11.3. The minimum atomic E-state index is -0.885. The lowest BCUT2D eigenvalue weighted by molar-refractivity contribution is -0.132. The molecule has 4 rings (SSSR count). The van der Waals surface area contributed by atoms with Crippen LogP contribution in [0.5, 0.6) is 11.5 Å². The molecular formula is C27H25NO4S. The van der Waals surface area contributed by atoms with E-state index in [9.17, 15) is 9.90 Å². The fourth-order valence-corrected chi connectivity index (χ4v) is 4.79. The van der Waals surface area contributed by atoms with Crippen LogP contribution in [0.2, 0.25) is 0 Å². The van der Waals surface area contributed by atoms with E-state index < -0.39 is 5.97 Å². The van der Waals surface area contributed by atoms with Gasteiger partial charge in [-0.2, -0.15) is 0 Å². The van der Waals surface area contributed by atoms with E-state index in [0.717, 1.165) is 49.0 Å². The largest absolute Gasteiger partial charge is 0.497 e. The first kappa shape index (κ1) is 22.4. The van der Waals surface area contributed by atoms with Crippen molar-refractivity contribution in [2.75, 3.05) is 19.5 Å². The van der Waals surface area contributed by atoms with Crippen LogP contribution < -0.4 is 14.8 Å². The summed E-state index contributed by atoms with van der Waals surface area (Å²) in [5.74, 6) is 0.745. The first-order valence-corrected chi connectivity index (χ1v) is 11.4. The highest BCUT2D eigenvalue weighted by Crippen LogP contribution is 2.45. The predicted molar refractivity (Wildman–Crippen MR) is 136 cm³/mol. The van der Waals surface area contributed by atoms with Crippen LogP contribution in [0.1, 0.15) is 18.9 Å². The Morgan fingerprint density at radius 1 is 0.970 bits per heavy atom. The molecule has 5 nitrogen and oxygen atoms in total. The normalized spacial score (nSPS) is 11.4. The van der Waals surface area contributed by atoms with Crippen LogP contribution in [0.3, 0.4) is 0 Å². The summed E-state index contributed by atoms with van der Waals surface area (Å²) in [7, 11) is 3.33. The maximum atomic E-state index is 11.3. The van der Waals surface area contributed by atoms with Crippen molar-refractivity contribution in [3.05, 3.63) is 77.9 Å². The molecule has 0 aliphatic carbocycles. The van der Waals surface area contributed by atoms with Crippen molar-refractivity contribution in [3.8, 4) is 21.9 Å². The Morgan fingerprint density at radius 3 is 2.24 bits per heavy atom. The topological polar surface area (TPSA) is 67.8 Å². The van der Waals surface area contributed by atoms with Crippen LogP contribution >= 0.6 is 11.3 Å². The molecule has 0 spiro atoms. The zero-order chi connectivity index (χ0) is 23.4. The zero-order valence-electron chi connectivity index (χ0n) is 18.7. The van der Waals surface area contributed by atoms with Gasteiger partial charge in [-0.15, -0.1) is 11.3 Å². The molecule has 33 heavy (non-hydrogen) atoms. The summed E-state index contributed by atoms with van der Waals surface area (Å²) in [5.41, 5.74) is 4.27. The van der Waals surface area contributed by atoms with Gasteiger partial charge in [0.1, 0.15) is 11.5 Å². The van der Waals surface area contributed by atoms with E-state index in [4.69, 9.17) is 9.47 Å². The third kappa shape index (κ3) is 4.86. The van der Waals surface area contributed by atoms with Crippen molar-refractivity contribution in [1.82, 2.24) is 0 Å². The van der Waals surface area contributed by atoms with Crippen molar-refractivity contribution >= 4 is 44.8 Å². The molecule has 4 aromatic rings. The number of hydrogen-bond acceptors (Lipinski definition) is 5. The number of ether oxygens (including phenoxy) is 2. The summed E-state index contributed by atoms with van der Waals surface area (Å²) >= 11 is 1.70. The summed E-state index contributed by atoms with van der Waals surface area (Å²) in [4.78, 5) is 12.4.